The van der Waals surface area contributed by atoms with Gasteiger partial charge < -0.3 is 18.9 Å². The van der Waals surface area contributed by atoms with Crippen LogP contribution in [0.15, 0.2) is 66.7 Å². The predicted molar refractivity (Wildman–Crippen MR) is 133 cm³/mol. The van der Waals surface area contributed by atoms with Gasteiger partial charge in [-0.15, -0.1) is 0 Å². The first-order valence-electron chi connectivity index (χ1n) is 11.9. The van der Waals surface area contributed by atoms with Gasteiger partial charge in [0.25, 0.3) is 0 Å². The molecule has 4 rings (SSSR count). The fourth-order valence-electron chi connectivity index (χ4n) is 3.76. The topological polar surface area (TPSA) is 88.1 Å². The number of carbonyl (C=O) groups excluding carboxylic acids is 3. The molecular weight excluding hydrogens is 460 g/mol. The molecule has 1 heterocycles. The van der Waals surface area contributed by atoms with Crippen LogP contribution in [0.5, 0.6) is 11.5 Å². The molecule has 1 aliphatic rings. The Balaban J connectivity index is 1.28. The SMILES string of the molecule is Cc1ccc(C(=O)Oc2ccc(CCOC(=O)c3ccc(OC4CCCCO4)cc3)cc2C=O)cc1. The normalized spacial score (nSPS) is 15.1. The van der Waals surface area contributed by atoms with Gasteiger partial charge in [0, 0.05) is 12.8 Å². The Morgan fingerprint density at radius 1 is 0.944 bits per heavy atom. The van der Waals surface area contributed by atoms with Gasteiger partial charge in [-0.3, -0.25) is 4.79 Å². The van der Waals surface area contributed by atoms with E-state index in [0.29, 0.717) is 36.2 Å². The lowest BCUT2D eigenvalue weighted by atomic mass is 10.1. The van der Waals surface area contributed by atoms with Gasteiger partial charge >= 0.3 is 11.9 Å². The number of hydrogen-bond donors (Lipinski definition) is 0. The van der Waals surface area contributed by atoms with E-state index >= 15 is 0 Å². The molecule has 0 aromatic heterocycles. The van der Waals surface area contributed by atoms with Crippen molar-refractivity contribution in [2.24, 2.45) is 0 Å². The smallest absolute Gasteiger partial charge is 0.343 e. The van der Waals surface area contributed by atoms with Crippen molar-refractivity contribution >= 4 is 18.2 Å². The van der Waals surface area contributed by atoms with Gasteiger partial charge in [0.2, 0.25) is 0 Å². The quantitative estimate of drug-likeness (QED) is 0.228. The maximum Gasteiger partial charge on any atom is 0.343 e. The molecule has 0 saturated carbocycles. The Morgan fingerprint density at radius 2 is 1.67 bits per heavy atom. The minimum Gasteiger partial charge on any atom is -0.465 e. The Bertz CT molecular complexity index is 1190. The highest BCUT2D eigenvalue weighted by Gasteiger charge is 2.16. The number of rotatable bonds is 9. The van der Waals surface area contributed by atoms with Crippen molar-refractivity contribution in [1.82, 2.24) is 0 Å². The molecule has 36 heavy (non-hydrogen) atoms. The molecule has 1 unspecified atom stereocenters. The van der Waals surface area contributed by atoms with Crippen molar-refractivity contribution in [3.05, 3.63) is 94.5 Å². The van der Waals surface area contributed by atoms with E-state index in [2.05, 4.69) is 0 Å². The molecule has 7 heteroatoms. The fourth-order valence-corrected chi connectivity index (χ4v) is 3.76. The summed E-state index contributed by atoms with van der Waals surface area (Å²) in [5, 5.41) is 0. The molecule has 1 atom stereocenters. The van der Waals surface area contributed by atoms with Crippen LogP contribution in [0.25, 0.3) is 0 Å². The molecule has 7 nitrogen and oxygen atoms in total. The lowest BCUT2D eigenvalue weighted by molar-refractivity contribution is -0.105. The van der Waals surface area contributed by atoms with Crippen LogP contribution in [0.1, 0.15) is 61.5 Å². The zero-order chi connectivity index (χ0) is 25.3. The van der Waals surface area contributed by atoms with E-state index in [0.717, 1.165) is 30.4 Å². The van der Waals surface area contributed by atoms with Crippen LogP contribution in [-0.4, -0.2) is 37.7 Å². The molecule has 0 aliphatic carbocycles. The number of aldehydes is 1. The van der Waals surface area contributed by atoms with Gasteiger partial charge in [-0.25, -0.2) is 9.59 Å². The lowest BCUT2D eigenvalue weighted by Gasteiger charge is -2.23. The third-order valence-electron chi connectivity index (χ3n) is 5.81. The molecule has 1 saturated heterocycles. The first-order valence-corrected chi connectivity index (χ1v) is 11.9. The minimum absolute atomic E-state index is 0.133. The van der Waals surface area contributed by atoms with Crippen LogP contribution < -0.4 is 9.47 Å². The summed E-state index contributed by atoms with van der Waals surface area (Å²) in [6.07, 6.45) is 3.77. The Labute approximate surface area is 209 Å². The summed E-state index contributed by atoms with van der Waals surface area (Å²) in [5.41, 5.74) is 2.86. The van der Waals surface area contributed by atoms with Crippen LogP contribution in [-0.2, 0) is 15.9 Å². The van der Waals surface area contributed by atoms with E-state index in [9.17, 15) is 14.4 Å². The van der Waals surface area contributed by atoms with E-state index in [1.165, 1.54) is 0 Å². The van der Waals surface area contributed by atoms with Gasteiger partial charge in [-0.2, -0.15) is 0 Å². The zero-order valence-corrected chi connectivity index (χ0v) is 20.1. The average Bonchev–Trinajstić information content (AvgIpc) is 2.90. The molecule has 186 valence electrons. The van der Waals surface area contributed by atoms with Gasteiger partial charge in [0.1, 0.15) is 11.5 Å². The summed E-state index contributed by atoms with van der Waals surface area (Å²) < 4.78 is 22.1. The number of benzene rings is 3. The monoisotopic (exact) mass is 488 g/mol. The first kappa shape index (κ1) is 25.1. The van der Waals surface area contributed by atoms with Crippen molar-refractivity contribution < 1.29 is 33.3 Å². The molecule has 0 N–H and O–H groups in total. The first-order chi connectivity index (χ1) is 17.5. The molecular formula is C29H28O7. The highest BCUT2D eigenvalue weighted by Crippen LogP contribution is 2.22. The number of carbonyl (C=O) groups is 3. The lowest BCUT2D eigenvalue weighted by Crippen LogP contribution is -2.24. The third-order valence-corrected chi connectivity index (χ3v) is 5.81. The number of ether oxygens (including phenoxy) is 4. The molecule has 1 fully saturated rings. The summed E-state index contributed by atoms with van der Waals surface area (Å²) in [4.78, 5) is 36.3. The maximum atomic E-state index is 12.4. The van der Waals surface area contributed by atoms with Crippen molar-refractivity contribution in [2.75, 3.05) is 13.2 Å². The van der Waals surface area contributed by atoms with E-state index in [4.69, 9.17) is 18.9 Å². The molecule has 3 aromatic carbocycles. The molecule has 0 radical (unpaired) electrons. The van der Waals surface area contributed by atoms with Crippen LogP contribution >= 0.6 is 0 Å². The molecule has 0 amide bonds. The number of aryl methyl sites for hydroxylation is 1. The highest BCUT2D eigenvalue weighted by molar-refractivity contribution is 5.92. The van der Waals surface area contributed by atoms with Crippen molar-refractivity contribution in [2.45, 2.75) is 38.9 Å². The van der Waals surface area contributed by atoms with Gasteiger partial charge in [0.05, 0.1) is 29.9 Å². The van der Waals surface area contributed by atoms with Crippen LogP contribution in [0.4, 0.5) is 0 Å². The van der Waals surface area contributed by atoms with Crippen molar-refractivity contribution in [1.29, 1.82) is 0 Å². The van der Waals surface area contributed by atoms with E-state index in [-0.39, 0.29) is 24.2 Å². The molecule has 0 spiro atoms. The van der Waals surface area contributed by atoms with Crippen LogP contribution in [0, 0.1) is 6.92 Å². The van der Waals surface area contributed by atoms with E-state index in [1.54, 1.807) is 54.6 Å². The summed E-state index contributed by atoms with van der Waals surface area (Å²) in [6, 6.07) is 18.7. The van der Waals surface area contributed by atoms with Crippen molar-refractivity contribution in [3.8, 4) is 11.5 Å². The summed E-state index contributed by atoms with van der Waals surface area (Å²) in [6.45, 7) is 2.76. The Kier molecular flexibility index (Phi) is 8.47. The second-order valence-corrected chi connectivity index (χ2v) is 8.57. The third kappa shape index (κ3) is 6.79. The largest absolute Gasteiger partial charge is 0.465 e. The fraction of sp³-hybridized carbons (Fsp3) is 0.276. The minimum atomic E-state index is -0.539. The van der Waals surface area contributed by atoms with Crippen LogP contribution in [0.3, 0.4) is 0 Å². The second-order valence-electron chi connectivity index (χ2n) is 8.57. The second kappa shape index (κ2) is 12.1. The summed E-state index contributed by atoms with van der Waals surface area (Å²) >= 11 is 0. The maximum absolute atomic E-state index is 12.4. The average molecular weight is 489 g/mol. The molecule has 0 bridgehead atoms. The summed E-state index contributed by atoms with van der Waals surface area (Å²) in [5.74, 6) is -0.169. The number of esters is 2. The number of hydrogen-bond acceptors (Lipinski definition) is 7. The highest BCUT2D eigenvalue weighted by atomic mass is 16.7. The Morgan fingerprint density at radius 3 is 2.36 bits per heavy atom. The van der Waals surface area contributed by atoms with E-state index < -0.39 is 11.9 Å². The van der Waals surface area contributed by atoms with Crippen LogP contribution in [0.2, 0.25) is 0 Å². The molecule has 1 aliphatic heterocycles. The summed E-state index contributed by atoms with van der Waals surface area (Å²) in [7, 11) is 0. The molecule has 3 aromatic rings. The van der Waals surface area contributed by atoms with Gasteiger partial charge in [-0.05, 0) is 73.9 Å². The Hall–Kier alpha value is -3.97. The van der Waals surface area contributed by atoms with Gasteiger partial charge in [0.15, 0.2) is 12.6 Å². The van der Waals surface area contributed by atoms with Crippen molar-refractivity contribution in [3.63, 3.8) is 0 Å². The predicted octanol–water partition coefficient (Wildman–Crippen LogP) is 5.33. The standard InChI is InChI=1S/C29H28O7/c1-20-5-8-23(9-6-20)29(32)36-26-14-7-21(18-24(26)19-30)15-17-34-28(31)22-10-12-25(13-11-22)35-27-4-2-3-16-33-27/h5-14,18-19,27H,2-4,15-17H2,1H3. The van der Waals surface area contributed by atoms with Gasteiger partial charge in [-0.1, -0.05) is 23.8 Å². The van der Waals surface area contributed by atoms with E-state index in [1.807, 2.05) is 19.1 Å². The zero-order valence-electron chi connectivity index (χ0n) is 20.1.